The van der Waals surface area contributed by atoms with E-state index in [1.165, 1.54) is 4.90 Å². The number of carbonyl (C=O) groups is 4. The zero-order valence-electron chi connectivity index (χ0n) is 17.1. The number of carbonyl (C=O) groups excluding carboxylic acids is 4. The second kappa shape index (κ2) is 6.94. The number of urea groups is 1. The third kappa shape index (κ3) is 2.90. The number of nitrogens with zero attached hydrogens (tertiary/aromatic N) is 2. The fourth-order valence-corrected chi connectivity index (χ4v) is 4.91. The molecule has 1 saturated heterocycles. The zero-order chi connectivity index (χ0) is 21.8. The van der Waals surface area contributed by atoms with Crippen LogP contribution in [0.3, 0.4) is 0 Å². The normalized spacial score (nSPS) is 24.5. The molecule has 8 nitrogen and oxygen atoms in total. The second-order valence-electron chi connectivity index (χ2n) is 8.27. The van der Waals surface area contributed by atoms with Gasteiger partial charge in [0.2, 0.25) is 11.8 Å². The van der Waals surface area contributed by atoms with Crippen molar-refractivity contribution in [1.82, 2.24) is 10.2 Å². The van der Waals surface area contributed by atoms with Gasteiger partial charge in [0.25, 0.3) is 5.91 Å². The van der Waals surface area contributed by atoms with Crippen LogP contribution in [-0.4, -0.2) is 41.2 Å². The smallest absolute Gasteiger partial charge is 0.324 e. The standard InChI is InChI=1S/C23H22N4O4/c1-14-12-19(28)24-17-8-4-5-9-18(17)27(14)20(29)13-26-21(30)23(25-22(26)31)11-10-15-6-2-3-7-16(15)23/h2-9,14H,10-13H2,1H3,(H,24,28)(H,25,31)/t14-,23+/m0/s1. The van der Waals surface area contributed by atoms with Crippen LogP contribution in [0.1, 0.15) is 30.9 Å². The summed E-state index contributed by atoms with van der Waals surface area (Å²) in [5, 5.41) is 5.65. The van der Waals surface area contributed by atoms with Gasteiger partial charge in [-0.3, -0.25) is 19.3 Å². The molecular formula is C23H22N4O4. The lowest BCUT2D eigenvalue weighted by Gasteiger charge is -2.29. The van der Waals surface area contributed by atoms with Crippen LogP contribution in [-0.2, 0) is 26.3 Å². The molecule has 1 spiro atoms. The number of anilines is 2. The van der Waals surface area contributed by atoms with Gasteiger partial charge in [-0.05, 0) is 43.0 Å². The molecule has 0 radical (unpaired) electrons. The number of fused-ring (bicyclic) bond motifs is 3. The first-order valence-corrected chi connectivity index (χ1v) is 10.3. The van der Waals surface area contributed by atoms with E-state index in [1.54, 1.807) is 31.2 Å². The molecule has 0 bridgehead atoms. The monoisotopic (exact) mass is 418 g/mol. The highest BCUT2D eigenvalue weighted by Gasteiger charge is 2.55. The minimum Gasteiger partial charge on any atom is -0.324 e. The maximum atomic E-state index is 13.4. The largest absolute Gasteiger partial charge is 0.325 e. The van der Waals surface area contributed by atoms with E-state index < -0.39 is 29.4 Å². The second-order valence-corrected chi connectivity index (χ2v) is 8.27. The van der Waals surface area contributed by atoms with E-state index in [0.717, 1.165) is 16.0 Å². The number of imide groups is 1. The van der Waals surface area contributed by atoms with Crippen LogP contribution < -0.4 is 15.5 Å². The van der Waals surface area contributed by atoms with Crippen LogP contribution in [0.25, 0.3) is 0 Å². The van der Waals surface area contributed by atoms with Crippen molar-refractivity contribution in [3.8, 4) is 0 Å². The Balaban J connectivity index is 1.44. The van der Waals surface area contributed by atoms with Crippen LogP contribution >= 0.6 is 0 Å². The molecule has 2 heterocycles. The molecule has 158 valence electrons. The summed E-state index contributed by atoms with van der Waals surface area (Å²) < 4.78 is 0. The van der Waals surface area contributed by atoms with E-state index in [4.69, 9.17) is 0 Å². The van der Waals surface area contributed by atoms with Crippen molar-refractivity contribution in [1.29, 1.82) is 0 Å². The third-order valence-electron chi connectivity index (χ3n) is 6.34. The van der Waals surface area contributed by atoms with Crippen LogP contribution in [0.5, 0.6) is 0 Å². The molecule has 3 aliphatic rings. The fraction of sp³-hybridized carbons (Fsp3) is 0.304. The molecule has 0 unspecified atom stereocenters. The van der Waals surface area contributed by atoms with E-state index in [0.29, 0.717) is 24.2 Å². The number of nitrogens with one attached hydrogen (secondary N) is 2. The number of hydrogen-bond donors (Lipinski definition) is 2. The van der Waals surface area contributed by atoms with E-state index in [-0.39, 0.29) is 18.9 Å². The predicted molar refractivity (Wildman–Crippen MR) is 113 cm³/mol. The van der Waals surface area contributed by atoms with Gasteiger partial charge in [-0.15, -0.1) is 0 Å². The van der Waals surface area contributed by atoms with Crippen molar-refractivity contribution in [3.05, 3.63) is 59.7 Å². The Morgan fingerprint density at radius 1 is 1.10 bits per heavy atom. The summed E-state index contributed by atoms with van der Waals surface area (Å²) in [7, 11) is 0. The molecule has 2 N–H and O–H groups in total. The first-order chi connectivity index (χ1) is 14.9. The van der Waals surface area contributed by atoms with E-state index >= 15 is 0 Å². The average molecular weight is 418 g/mol. The van der Waals surface area contributed by atoms with Gasteiger partial charge in [0, 0.05) is 12.5 Å². The molecule has 1 aliphatic carbocycles. The highest BCUT2D eigenvalue weighted by atomic mass is 16.2. The summed E-state index contributed by atoms with van der Waals surface area (Å²) in [6.07, 6.45) is 1.29. The number of hydrogen-bond acceptors (Lipinski definition) is 4. The number of rotatable bonds is 2. The topological polar surface area (TPSA) is 98.8 Å². The first-order valence-electron chi connectivity index (χ1n) is 10.3. The maximum Gasteiger partial charge on any atom is 0.325 e. The highest BCUT2D eigenvalue weighted by Crippen LogP contribution is 2.41. The maximum absolute atomic E-state index is 13.4. The van der Waals surface area contributed by atoms with Gasteiger partial charge in [-0.2, -0.15) is 0 Å². The molecule has 0 aromatic heterocycles. The molecule has 0 saturated carbocycles. The highest BCUT2D eigenvalue weighted by molar-refractivity contribution is 6.12. The van der Waals surface area contributed by atoms with Crippen LogP contribution in [0.2, 0.25) is 0 Å². The van der Waals surface area contributed by atoms with Crippen molar-refractivity contribution >= 4 is 35.1 Å². The van der Waals surface area contributed by atoms with Crippen LogP contribution in [0.15, 0.2) is 48.5 Å². The minimum atomic E-state index is -1.10. The fourth-order valence-electron chi connectivity index (χ4n) is 4.91. The Bertz CT molecular complexity index is 1130. The molecule has 5 amide bonds. The lowest BCUT2D eigenvalue weighted by molar-refractivity contribution is -0.134. The minimum absolute atomic E-state index is 0.123. The van der Waals surface area contributed by atoms with Crippen LogP contribution in [0.4, 0.5) is 16.2 Å². The van der Waals surface area contributed by atoms with E-state index in [2.05, 4.69) is 10.6 Å². The summed E-state index contributed by atoms with van der Waals surface area (Å²) in [4.78, 5) is 54.2. The molecule has 31 heavy (non-hydrogen) atoms. The number of benzene rings is 2. The van der Waals surface area contributed by atoms with Crippen molar-refractivity contribution in [3.63, 3.8) is 0 Å². The SMILES string of the molecule is C[C@H]1CC(=O)Nc2ccccc2N1C(=O)CN1C(=O)N[C@@]2(CCc3ccccc32)C1=O. The van der Waals surface area contributed by atoms with Gasteiger partial charge in [0.05, 0.1) is 11.4 Å². The summed E-state index contributed by atoms with van der Waals surface area (Å²) in [6.45, 7) is 1.39. The Morgan fingerprint density at radius 2 is 1.84 bits per heavy atom. The molecule has 8 heteroatoms. The predicted octanol–water partition coefficient (Wildman–Crippen LogP) is 2.14. The van der Waals surface area contributed by atoms with E-state index in [1.807, 2.05) is 24.3 Å². The van der Waals surface area contributed by atoms with Crippen LogP contribution in [0, 0.1) is 0 Å². The Morgan fingerprint density at radius 3 is 2.68 bits per heavy atom. The third-order valence-corrected chi connectivity index (χ3v) is 6.34. The quantitative estimate of drug-likeness (QED) is 0.730. The van der Waals surface area contributed by atoms with Gasteiger partial charge in [0.1, 0.15) is 12.1 Å². The van der Waals surface area contributed by atoms with Crippen molar-refractivity contribution < 1.29 is 19.2 Å². The summed E-state index contributed by atoms with van der Waals surface area (Å²) >= 11 is 0. The summed E-state index contributed by atoms with van der Waals surface area (Å²) in [5.74, 6) is -1.00. The lowest BCUT2D eigenvalue weighted by atomic mass is 9.92. The molecule has 2 atom stereocenters. The Kier molecular flexibility index (Phi) is 4.32. The average Bonchev–Trinajstić information content (AvgIpc) is 3.17. The van der Waals surface area contributed by atoms with Gasteiger partial charge < -0.3 is 15.5 Å². The zero-order valence-corrected chi connectivity index (χ0v) is 17.1. The van der Waals surface area contributed by atoms with Crippen molar-refractivity contribution in [2.24, 2.45) is 0 Å². The Labute approximate surface area is 179 Å². The molecule has 2 aromatic carbocycles. The molecule has 2 aliphatic heterocycles. The Hall–Kier alpha value is -3.68. The number of amides is 5. The van der Waals surface area contributed by atoms with E-state index in [9.17, 15) is 19.2 Å². The molecule has 1 fully saturated rings. The summed E-state index contributed by atoms with van der Waals surface area (Å²) in [5.41, 5.74) is 1.81. The number of para-hydroxylation sites is 2. The van der Waals surface area contributed by atoms with Gasteiger partial charge in [0.15, 0.2) is 0 Å². The summed E-state index contributed by atoms with van der Waals surface area (Å²) in [6, 6.07) is 13.6. The van der Waals surface area contributed by atoms with Gasteiger partial charge in [-0.1, -0.05) is 36.4 Å². The lowest BCUT2D eigenvalue weighted by Crippen LogP contribution is -2.47. The first kappa shape index (κ1) is 19.3. The van der Waals surface area contributed by atoms with Crippen molar-refractivity contribution in [2.45, 2.75) is 37.8 Å². The number of aryl methyl sites for hydroxylation is 1. The molecule has 5 rings (SSSR count). The van der Waals surface area contributed by atoms with Gasteiger partial charge >= 0.3 is 6.03 Å². The van der Waals surface area contributed by atoms with Crippen molar-refractivity contribution in [2.75, 3.05) is 16.8 Å². The molecular weight excluding hydrogens is 396 g/mol. The van der Waals surface area contributed by atoms with Gasteiger partial charge in [-0.25, -0.2) is 4.79 Å². The molecule has 2 aromatic rings.